The molecule has 4 heteroatoms. The van der Waals surface area contributed by atoms with E-state index in [1.165, 1.54) is 4.68 Å². The molecule has 0 saturated heterocycles. The standard InChI is InChI=1S/C10H17N3O/c1-7(11)8-5-6-12-13(9(8)14)10(2,3)4/h5-7H,11H2,1-4H3. The van der Waals surface area contributed by atoms with Gasteiger partial charge in [-0.25, -0.2) is 4.68 Å². The van der Waals surface area contributed by atoms with Crippen molar-refractivity contribution in [3.8, 4) is 0 Å². The van der Waals surface area contributed by atoms with Crippen LogP contribution in [0.3, 0.4) is 0 Å². The summed E-state index contributed by atoms with van der Waals surface area (Å²) in [6, 6.07) is 1.42. The molecule has 1 heterocycles. The molecule has 0 saturated carbocycles. The average molecular weight is 195 g/mol. The van der Waals surface area contributed by atoms with Crippen molar-refractivity contribution in [1.29, 1.82) is 0 Å². The Morgan fingerprint density at radius 1 is 1.50 bits per heavy atom. The first-order valence-corrected chi connectivity index (χ1v) is 4.68. The summed E-state index contributed by atoms with van der Waals surface area (Å²) >= 11 is 0. The van der Waals surface area contributed by atoms with Crippen molar-refractivity contribution in [2.75, 3.05) is 0 Å². The fourth-order valence-corrected chi connectivity index (χ4v) is 1.25. The second kappa shape index (κ2) is 3.53. The van der Waals surface area contributed by atoms with Gasteiger partial charge in [-0.05, 0) is 33.8 Å². The molecule has 0 bridgehead atoms. The molecule has 4 nitrogen and oxygen atoms in total. The monoisotopic (exact) mass is 195 g/mol. The predicted molar refractivity (Wildman–Crippen MR) is 56.1 cm³/mol. The Morgan fingerprint density at radius 3 is 2.50 bits per heavy atom. The first-order valence-electron chi connectivity index (χ1n) is 4.68. The molecule has 0 aromatic carbocycles. The zero-order chi connectivity index (χ0) is 10.9. The van der Waals surface area contributed by atoms with Gasteiger partial charge in [0.15, 0.2) is 0 Å². The van der Waals surface area contributed by atoms with Gasteiger partial charge in [-0.15, -0.1) is 0 Å². The molecule has 1 atom stereocenters. The third kappa shape index (κ3) is 2.01. The molecule has 2 N–H and O–H groups in total. The summed E-state index contributed by atoms with van der Waals surface area (Å²) in [5, 5.41) is 4.04. The van der Waals surface area contributed by atoms with Crippen LogP contribution in [0, 0.1) is 0 Å². The van der Waals surface area contributed by atoms with E-state index in [1.54, 1.807) is 19.2 Å². The molecule has 1 rings (SSSR count). The highest BCUT2D eigenvalue weighted by atomic mass is 16.1. The van der Waals surface area contributed by atoms with Crippen LogP contribution in [-0.2, 0) is 5.54 Å². The topological polar surface area (TPSA) is 60.9 Å². The Hall–Kier alpha value is -1.16. The lowest BCUT2D eigenvalue weighted by Gasteiger charge is -2.21. The highest BCUT2D eigenvalue weighted by Gasteiger charge is 2.18. The van der Waals surface area contributed by atoms with Gasteiger partial charge in [0, 0.05) is 17.8 Å². The van der Waals surface area contributed by atoms with Gasteiger partial charge >= 0.3 is 0 Å². The Balaban J connectivity index is 3.36. The number of rotatable bonds is 1. The minimum absolute atomic E-state index is 0.102. The van der Waals surface area contributed by atoms with Gasteiger partial charge < -0.3 is 5.73 Å². The van der Waals surface area contributed by atoms with E-state index in [4.69, 9.17) is 5.73 Å². The molecular formula is C10H17N3O. The largest absolute Gasteiger partial charge is 0.324 e. The van der Waals surface area contributed by atoms with Gasteiger partial charge in [0.05, 0.1) is 5.54 Å². The van der Waals surface area contributed by atoms with E-state index in [0.717, 1.165) is 0 Å². The summed E-state index contributed by atoms with van der Waals surface area (Å²) in [6.07, 6.45) is 1.62. The third-order valence-electron chi connectivity index (χ3n) is 2.00. The van der Waals surface area contributed by atoms with E-state index in [0.29, 0.717) is 5.56 Å². The fraction of sp³-hybridized carbons (Fsp3) is 0.600. The second-order valence-corrected chi connectivity index (χ2v) is 4.46. The molecular weight excluding hydrogens is 178 g/mol. The highest BCUT2D eigenvalue weighted by Crippen LogP contribution is 2.10. The number of hydrogen-bond acceptors (Lipinski definition) is 3. The van der Waals surface area contributed by atoms with Crippen LogP contribution in [0.4, 0.5) is 0 Å². The summed E-state index contributed by atoms with van der Waals surface area (Å²) in [6.45, 7) is 7.61. The SMILES string of the molecule is CC(N)c1ccnn(C(C)(C)C)c1=O. The van der Waals surface area contributed by atoms with Crippen molar-refractivity contribution >= 4 is 0 Å². The van der Waals surface area contributed by atoms with Crippen LogP contribution < -0.4 is 11.3 Å². The molecule has 14 heavy (non-hydrogen) atoms. The molecule has 0 amide bonds. The number of hydrogen-bond donors (Lipinski definition) is 1. The van der Waals surface area contributed by atoms with E-state index in [9.17, 15) is 4.79 Å². The van der Waals surface area contributed by atoms with Crippen molar-refractivity contribution in [1.82, 2.24) is 9.78 Å². The molecule has 0 aliphatic carbocycles. The Kier molecular flexibility index (Phi) is 2.76. The van der Waals surface area contributed by atoms with Crippen molar-refractivity contribution in [3.63, 3.8) is 0 Å². The van der Waals surface area contributed by atoms with Gasteiger partial charge in [0.1, 0.15) is 0 Å². The first-order chi connectivity index (χ1) is 6.34. The Bertz CT molecular complexity index is 374. The maximum Gasteiger partial charge on any atom is 0.272 e. The van der Waals surface area contributed by atoms with Gasteiger partial charge in [-0.2, -0.15) is 5.10 Å². The normalized spacial score (nSPS) is 14.1. The van der Waals surface area contributed by atoms with Gasteiger partial charge in [-0.1, -0.05) is 0 Å². The predicted octanol–water partition coefficient (Wildman–Crippen LogP) is 1.02. The van der Waals surface area contributed by atoms with Gasteiger partial charge in [0.2, 0.25) is 0 Å². The number of nitrogens with two attached hydrogens (primary N) is 1. The molecule has 0 spiro atoms. The van der Waals surface area contributed by atoms with Crippen molar-refractivity contribution in [3.05, 3.63) is 28.2 Å². The summed E-state index contributed by atoms with van der Waals surface area (Å²) in [7, 11) is 0. The van der Waals surface area contributed by atoms with E-state index >= 15 is 0 Å². The van der Waals surface area contributed by atoms with Crippen LogP contribution in [-0.4, -0.2) is 9.78 Å². The molecule has 78 valence electrons. The number of aromatic nitrogens is 2. The minimum Gasteiger partial charge on any atom is -0.324 e. The van der Waals surface area contributed by atoms with E-state index in [1.807, 2.05) is 20.8 Å². The fourth-order valence-electron chi connectivity index (χ4n) is 1.25. The van der Waals surface area contributed by atoms with Crippen LogP contribution in [0.15, 0.2) is 17.1 Å². The highest BCUT2D eigenvalue weighted by molar-refractivity contribution is 5.11. The molecule has 0 fully saturated rings. The Labute approximate surface area is 83.7 Å². The van der Waals surface area contributed by atoms with Crippen LogP contribution in [0.2, 0.25) is 0 Å². The summed E-state index contributed by atoms with van der Waals surface area (Å²) in [5.41, 5.74) is 5.89. The van der Waals surface area contributed by atoms with Crippen LogP contribution in [0.1, 0.15) is 39.3 Å². The van der Waals surface area contributed by atoms with Crippen LogP contribution in [0.25, 0.3) is 0 Å². The van der Waals surface area contributed by atoms with Crippen LogP contribution in [0.5, 0.6) is 0 Å². The second-order valence-electron chi connectivity index (χ2n) is 4.46. The maximum atomic E-state index is 11.9. The molecule has 1 aromatic heterocycles. The third-order valence-corrected chi connectivity index (χ3v) is 2.00. The smallest absolute Gasteiger partial charge is 0.272 e. The van der Waals surface area contributed by atoms with Crippen molar-refractivity contribution < 1.29 is 0 Å². The number of nitrogens with zero attached hydrogens (tertiary/aromatic N) is 2. The molecule has 0 radical (unpaired) electrons. The zero-order valence-electron chi connectivity index (χ0n) is 9.11. The van der Waals surface area contributed by atoms with Crippen LogP contribution >= 0.6 is 0 Å². The summed E-state index contributed by atoms with van der Waals surface area (Å²) in [5.74, 6) is 0. The molecule has 1 aromatic rings. The molecule has 0 aliphatic heterocycles. The lowest BCUT2D eigenvalue weighted by Crippen LogP contribution is -2.38. The minimum atomic E-state index is -0.304. The van der Waals surface area contributed by atoms with Crippen molar-refractivity contribution in [2.45, 2.75) is 39.3 Å². The van der Waals surface area contributed by atoms with E-state index < -0.39 is 0 Å². The maximum absolute atomic E-state index is 11.9. The Morgan fingerprint density at radius 2 is 2.07 bits per heavy atom. The molecule has 1 unspecified atom stereocenters. The summed E-state index contributed by atoms with van der Waals surface area (Å²) < 4.78 is 1.46. The zero-order valence-corrected chi connectivity index (χ0v) is 9.11. The van der Waals surface area contributed by atoms with Crippen molar-refractivity contribution in [2.24, 2.45) is 5.73 Å². The summed E-state index contributed by atoms with van der Waals surface area (Å²) in [4.78, 5) is 11.9. The van der Waals surface area contributed by atoms with Gasteiger partial charge in [-0.3, -0.25) is 4.79 Å². The van der Waals surface area contributed by atoms with Gasteiger partial charge in [0.25, 0.3) is 5.56 Å². The quantitative estimate of drug-likeness (QED) is 0.727. The first kappa shape index (κ1) is 10.9. The lowest BCUT2D eigenvalue weighted by atomic mass is 10.1. The molecule has 0 aliphatic rings. The average Bonchev–Trinajstić information content (AvgIpc) is 2.01. The lowest BCUT2D eigenvalue weighted by molar-refractivity contribution is 0.335. The van der Waals surface area contributed by atoms with E-state index in [2.05, 4.69) is 5.10 Å². The van der Waals surface area contributed by atoms with E-state index in [-0.39, 0.29) is 17.1 Å².